The van der Waals surface area contributed by atoms with Crippen molar-refractivity contribution in [2.24, 2.45) is 5.92 Å². The highest BCUT2D eigenvalue weighted by Gasteiger charge is 2.35. The summed E-state index contributed by atoms with van der Waals surface area (Å²) in [6.07, 6.45) is 0.0954. The number of benzene rings is 3. The summed E-state index contributed by atoms with van der Waals surface area (Å²) in [5.74, 6) is -1.89. The first kappa shape index (κ1) is 23.2. The Bertz CT molecular complexity index is 1230. The molecule has 1 aliphatic heterocycles. The van der Waals surface area contributed by atoms with Crippen LogP contribution in [0.5, 0.6) is 0 Å². The van der Waals surface area contributed by atoms with Crippen LogP contribution >= 0.6 is 11.6 Å². The zero-order chi connectivity index (χ0) is 24.1. The maximum Gasteiger partial charge on any atom is 0.338 e. The van der Waals surface area contributed by atoms with Crippen molar-refractivity contribution in [2.75, 3.05) is 23.4 Å². The monoisotopic (exact) mass is 476 g/mol. The van der Waals surface area contributed by atoms with E-state index >= 15 is 0 Å². The molecule has 0 saturated carbocycles. The molecule has 1 N–H and O–H groups in total. The minimum absolute atomic E-state index is 0.0954. The van der Waals surface area contributed by atoms with Crippen LogP contribution in [0.25, 0.3) is 0 Å². The Morgan fingerprint density at radius 3 is 2.38 bits per heavy atom. The molecule has 172 valence electrons. The van der Waals surface area contributed by atoms with Gasteiger partial charge in [0.1, 0.15) is 0 Å². The first-order valence-electron chi connectivity index (χ1n) is 10.6. The fraction of sp³-hybridized carbons (Fsp3) is 0.154. The molecule has 0 aromatic heterocycles. The number of ether oxygens (including phenoxy) is 1. The highest BCUT2D eigenvalue weighted by molar-refractivity contribution is 6.31. The Hall–Kier alpha value is -3.97. The molecule has 0 bridgehead atoms. The van der Waals surface area contributed by atoms with Crippen LogP contribution in [0.3, 0.4) is 0 Å². The molecule has 0 spiro atoms. The first-order chi connectivity index (χ1) is 16.4. The second-order valence-electron chi connectivity index (χ2n) is 7.82. The van der Waals surface area contributed by atoms with E-state index in [4.69, 9.17) is 16.3 Å². The molecule has 0 aliphatic carbocycles. The standard InChI is InChI=1S/C26H21ClN2O5/c27-20-7-4-8-22(14-20)29-15-19(13-24(29)31)25(32)28-21-11-9-18(10-12-21)26(33)34-16-23(30)17-5-2-1-3-6-17/h1-12,14,19H,13,15-16H2,(H,28,32)/t19-/m1/s1. The van der Waals surface area contributed by atoms with Gasteiger partial charge in [-0.05, 0) is 42.5 Å². The number of amides is 2. The molecule has 8 heteroatoms. The number of ketones is 1. The van der Waals surface area contributed by atoms with Crippen molar-refractivity contribution in [3.8, 4) is 0 Å². The Morgan fingerprint density at radius 2 is 1.68 bits per heavy atom. The van der Waals surface area contributed by atoms with Crippen LogP contribution in [0.15, 0.2) is 78.9 Å². The number of halogens is 1. The summed E-state index contributed by atoms with van der Waals surface area (Å²) in [6.45, 7) is -0.106. The van der Waals surface area contributed by atoms with Crippen molar-refractivity contribution in [1.29, 1.82) is 0 Å². The van der Waals surface area contributed by atoms with E-state index in [-0.39, 0.29) is 42.7 Å². The molecule has 0 radical (unpaired) electrons. The number of nitrogens with one attached hydrogen (secondary N) is 1. The van der Waals surface area contributed by atoms with E-state index in [9.17, 15) is 19.2 Å². The van der Waals surface area contributed by atoms with Gasteiger partial charge in [-0.25, -0.2) is 4.79 Å². The largest absolute Gasteiger partial charge is 0.454 e. The zero-order valence-corrected chi connectivity index (χ0v) is 18.8. The minimum Gasteiger partial charge on any atom is -0.454 e. The van der Waals surface area contributed by atoms with E-state index < -0.39 is 11.9 Å². The van der Waals surface area contributed by atoms with E-state index in [2.05, 4.69) is 5.32 Å². The van der Waals surface area contributed by atoms with Crippen LogP contribution in [0, 0.1) is 5.92 Å². The number of Topliss-reactive ketones (excluding diaryl/α,β-unsaturated/α-hetero) is 1. The van der Waals surface area contributed by atoms with Crippen LogP contribution in [-0.2, 0) is 14.3 Å². The van der Waals surface area contributed by atoms with E-state index in [0.29, 0.717) is 22.0 Å². The van der Waals surface area contributed by atoms with Crippen molar-refractivity contribution >= 4 is 46.5 Å². The lowest BCUT2D eigenvalue weighted by atomic mass is 10.1. The van der Waals surface area contributed by atoms with Gasteiger partial charge in [-0.15, -0.1) is 0 Å². The molecule has 1 heterocycles. The number of carbonyl (C=O) groups is 4. The van der Waals surface area contributed by atoms with Crippen LogP contribution in [0.1, 0.15) is 27.1 Å². The third kappa shape index (κ3) is 5.50. The summed E-state index contributed by atoms with van der Waals surface area (Å²) in [5.41, 5.74) is 1.85. The molecule has 2 amide bonds. The van der Waals surface area contributed by atoms with Crippen LogP contribution < -0.4 is 10.2 Å². The van der Waals surface area contributed by atoms with Gasteiger partial charge in [-0.2, -0.15) is 0 Å². The molecule has 1 saturated heterocycles. The second-order valence-corrected chi connectivity index (χ2v) is 8.25. The third-order valence-electron chi connectivity index (χ3n) is 5.43. The fourth-order valence-corrected chi connectivity index (χ4v) is 3.82. The van der Waals surface area contributed by atoms with Crippen molar-refractivity contribution in [3.05, 3.63) is 95.0 Å². The molecule has 7 nitrogen and oxygen atoms in total. The van der Waals surface area contributed by atoms with Gasteiger partial charge in [0.15, 0.2) is 12.4 Å². The Kier molecular flexibility index (Phi) is 7.04. The van der Waals surface area contributed by atoms with Crippen molar-refractivity contribution < 1.29 is 23.9 Å². The van der Waals surface area contributed by atoms with Crippen molar-refractivity contribution in [2.45, 2.75) is 6.42 Å². The summed E-state index contributed by atoms with van der Waals surface area (Å²) in [4.78, 5) is 51.0. The van der Waals surface area contributed by atoms with Gasteiger partial charge >= 0.3 is 5.97 Å². The molecular formula is C26H21ClN2O5. The third-order valence-corrected chi connectivity index (χ3v) is 5.67. The van der Waals surface area contributed by atoms with Crippen LogP contribution in [-0.4, -0.2) is 36.7 Å². The molecule has 0 unspecified atom stereocenters. The summed E-state index contributed by atoms with van der Waals surface area (Å²) in [7, 11) is 0. The van der Waals surface area contributed by atoms with Crippen LogP contribution in [0.2, 0.25) is 5.02 Å². The lowest BCUT2D eigenvalue weighted by molar-refractivity contribution is -0.122. The van der Waals surface area contributed by atoms with Crippen molar-refractivity contribution in [1.82, 2.24) is 0 Å². The van der Waals surface area contributed by atoms with E-state index in [0.717, 1.165) is 0 Å². The summed E-state index contributed by atoms with van der Waals surface area (Å²) in [6, 6.07) is 21.6. The lowest BCUT2D eigenvalue weighted by Crippen LogP contribution is -2.28. The number of rotatable bonds is 7. The predicted molar refractivity (Wildman–Crippen MR) is 128 cm³/mol. The molecule has 4 rings (SSSR count). The highest BCUT2D eigenvalue weighted by Crippen LogP contribution is 2.28. The molecule has 1 fully saturated rings. The van der Waals surface area contributed by atoms with E-state index in [1.54, 1.807) is 71.6 Å². The number of nitrogens with zero attached hydrogens (tertiary/aromatic N) is 1. The van der Waals surface area contributed by atoms with Gasteiger partial charge in [0.2, 0.25) is 11.8 Å². The summed E-state index contributed by atoms with van der Waals surface area (Å²) < 4.78 is 5.09. The summed E-state index contributed by atoms with van der Waals surface area (Å²) >= 11 is 6.01. The van der Waals surface area contributed by atoms with E-state index in [1.165, 1.54) is 12.1 Å². The fourth-order valence-electron chi connectivity index (χ4n) is 3.63. The number of esters is 1. The highest BCUT2D eigenvalue weighted by atomic mass is 35.5. The molecule has 1 atom stereocenters. The lowest BCUT2D eigenvalue weighted by Gasteiger charge is -2.17. The molecule has 1 aliphatic rings. The SMILES string of the molecule is O=C(COC(=O)c1ccc(NC(=O)[C@@H]2CC(=O)N(c3cccc(Cl)c3)C2)cc1)c1ccccc1. The Labute approximate surface area is 201 Å². The molecule has 3 aromatic carbocycles. The van der Waals surface area contributed by atoms with Gasteiger partial charge in [-0.1, -0.05) is 48.0 Å². The molecular weight excluding hydrogens is 456 g/mol. The Balaban J connectivity index is 1.31. The topological polar surface area (TPSA) is 92.8 Å². The van der Waals surface area contributed by atoms with Crippen LogP contribution in [0.4, 0.5) is 11.4 Å². The first-order valence-corrected chi connectivity index (χ1v) is 11.0. The smallest absolute Gasteiger partial charge is 0.338 e. The zero-order valence-electron chi connectivity index (χ0n) is 18.1. The van der Waals surface area contributed by atoms with Gasteiger partial charge < -0.3 is 15.0 Å². The maximum atomic E-state index is 12.7. The summed E-state index contributed by atoms with van der Waals surface area (Å²) in [5, 5.41) is 3.29. The van der Waals surface area contributed by atoms with Gasteiger partial charge in [-0.3, -0.25) is 14.4 Å². The predicted octanol–water partition coefficient (Wildman–Crippen LogP) is 4.37. The quantitative estimate of drug-likeness (QED) is 0.403. The van der Waals surface area contributed by atoms with Crippen molar-refractivity contribution in [3.63, 3.8) is 0 Å². The molecule has 34 heavy (non-hydrogen) atoms. The second kappa shape index (κ2) is 10.3. The maximum absolute atomic E-state index is 12.7. The average Bonchev–Trinajstić information content (AvgIpc) is 3.25. The number of hydrogen-bond acceptors (Lipinski definition) is 5. The minimum atomic E-state index is -0.638. The average molecular weight is 477 g/mol. The number of hydrogen-bond donors (Lipinski definition) is 1. The van der Waals surface area contributed by atoms with Gasteiger partial charge in [0.25, 0.3) is 0 Å². The number of anilines is 2. The Morgan fingerprint density at radius 1 is 0.941 bits per heavy atom. The number of carbonyl (C=O) groups excluding carboxylic acids is 4. The molecule has 3 aromatic rings. The van der Waals surface area contributed by atoms with E-state index in [1.807, 2.05) is 0 Å². The van der Waals surface area contributed by atoms with Gasteiger partial charge in [0, 0.05) is 34.9 Å². The normalized spacial score (nSPS) is 15.1. The van der Waals surface area contributed by atoms with Gasteiger partial charge in [0.05, 0.1) is 11.5 Å².